The van der Waals surface area contributed by atoms with E-state index >= 15 is 0 Å². The standard InChI is InChI=1S/C18H17N3O3/c1-13-7-5-6-10-15(13)23-12-16(22)19-11-17-20-21-18(24-17)14-8-3-2-4-9-14/h2-10H,11-12H2,1H3,(H,19,22). The third kappa shape index (κ3) is 3.98. The van der Waals surface area contributed by atoms with Gasteiger partial charge in [-0.3, -0.25) is 4.79 Å². The van der Waals surface area contributed by atoms with E-state index in [1.54, 1.807) is 0 Å². The number of hydrogen-bond acceptors (Lipinski definition) is 5. The topological polar surface area (TPSA) is 77.2 Å². The van der Waals surface area contributed by atoms with Gasteiger partial charge in [0.1, 0.15) is 5.75 Å². The number of para-hydroxylation sites is 1. The lowest BCUT2D eigenvalue weighted by Gasteiger charge is -2.08. The van der Waals surface area contributed by atoms with E-state index in [9.17, 15) is 4.79 Å². The van der Waals surface area contributed by atoms with Crippen LogP contribution in [0.2, 0.25) is 0 Å². The van der Waals surface area contributed by atoms with Gasteiger partial charge in [-0.25, -0.2) is 0 Å². The number of ether oxygens (including phenoxy) is 1. The molecule has 0 saturated carbocycles. The highest BCUT2D eigenvalue weighted by Crippen LogP contribution is 2.17. The number of aryl methyl sites for hydroxylation is 1. The summed E-state index contributed by atoms with van der Waals surface area (Å²) < 4.78 is 11.0. The molecule has 1 amide bonds. The quantitative estimate of drug-likeness (QED) is 0.755. The lowest BCUT2D eigenvalue weighted by Crippen LogP contribution is -2.28. The van der Waals surface area contributed by atoms with Crippen LogP contribution in [0.25, 0.3) is 11.5 Å². The molecule has 6 heteroatoms. The van der Waals surface area contributed by atoms with E-state index in [4.69, 9.17) is 9.15 Å². The van der Waals surface area contributed by atoms with Crippen LogP contribution in [0.5, 0.6) is 5.75 Å². The van der Waals surface area contributed by atoms with Crippen LogP contribution < -0.4 is 10.1 Å². The van der Waals surface area contributed by atoms with Gasteiger partial charge < -0.3 is 14.5 Å². The molecule has 3 aromatic rings. The Morgan fingerprint density at radius 1 is 1.08 bits per heavy atom. The number of aromatic nitrogens is 2. The maximum Gasteiger partial charge on any atom is 0.258 e. The van der Waals surface area contributed by atoms with Gasteiger partial charge in [-0.05, 0) is 30.7 Å². The summed E-state index contributed by atoms with van der Waals surface area (Å²) in [4.78, 5) is 11.9. The van der Waals surface area contributed by atoms with Crippen LogP contribution in [0.15, 0.2) is 59.0 Å². The maximum absolute atomic E-state index is 11.9. The fourth-order valence-corrected chi connectivity index (χ4v) is 2.11. The third-order valence-corrected chi connectivity index (χ3v) is 3.38. The van der Waals surface area contributed by atoms with Gasteiger partial charge in [0.2, 0.25) is 11.8 Å². The molecular weight excluding hydrogens is 306 g/mol. The number of rotatable bonds is 6. The second-order valence-electron chi connectivity index (χ2n) is 5.20. The van der Waals surface area contributed by atoms with E-state index in [1.165, 1.54) is 0 Å². The minimum atomic E-state index is -0.252. The summed E-state index contributed by atoms with van der Waals surface area (Å²) in [5.74, 6) is 1.21. The van der Waals surface area contributed by atoms with E-state index in [0.29, 0.717) is 17.5 Å². The molecular formula is C18H17N3O3. The first kappa shape index (κ1) is 15.7. The first-order valence-corrected chi connectivity index (χ1v) is 7.55. The summed E-state index contributed by atoms with van der Waals surface area (Å²) in [5.41, 5.74) is 1.82. The first-order chi connectivity index (χ1) is 11.7. The van der Waals surface area contributed by atoms with Crippen molar-refractivity contribution in [2.24, 2.45) is 0 Å². The second kappa shape index (κ2) is 7.41. The van der Waals surface area contributed by atoms with Crippen molar-refractivity contribution in [3.8, 4) is 17.2 Å². The summed E-state index contributed by atoms with van der Waals surface area (Å²) in [6, 6.07) is 17.0. The largest absolute Gasteiger partial charge is 0.484 e. The van der Waals surface area contributed by atoms with Crippen LogP contribution in [0, 0.1) is 6.92 Å². The number of carbonyl (C=O) groups excluding carboxylic acids is 1. The summed E-state index contributed by atoms with van der Waals surface area (Å²) in [6.07, 6.45) is 0. The molecule has 0 unspecified atom stereocenters. The van der Waals surface area contributed by atoms with E-state index in [1.807, 2.05) is 61.5 Å². The zero-order valence-corrected chi connectivity index (χ0v) is 13.2. The van der Waals surface area contributed by atoms with Gasteiger partial charge in [0, 0.05) is 5.56 Å². The molecule has 0 bridgehead atoms. The minimum absolute atomic E-state index is 0.0649. The van der Waals surface area contributed by atoms with Gasteiger partial charge in [0.15, 0.2) is 6.61 Å². The summed E-state index contributed by atoms with van der Waals surface area (Å²) in [5, 5.41) is 10.6. The van der Waals surface area contributed by atoms with E-state index < -0.39 is 0 Å². The summed E-state index contributed by atoms with van der Waals surface area (Å²) in [7, 11) is 0. The number of benzene rings is 2. The third-order valence-electron chi connectivity index (χ3n) is 3.38. The lowest BCUT2D eigenvalue weighted by atomic mass is 10.2. The Kier molecular flexibility index (Phi) is 4.86. The molecule has 6 nitrogen and oxygen atoms in total. The molecule has 0 fully saturated rings. The zero-order chi connectivity index (χ0) is 16.8. The molecule has 0 aliphatic rings. The van der Waals surface area contributed by atoms with Gasteiger partial charge in [-0.15, -0.1) is 10.2 Å². The molecule has 0 aliphatic carbocycles. The molecule has 1 heterocycles. The molecule has 0 aliphatic heterocycles. The first-order valence-electron chi connectivity index (χ1n) is 7.55. The Labute approximate surface area is 139 Å². The molecule has 24 heavy (non-hydrogen) atoms. The highest BCUT2D eigenvalue weighted by atomic mass is 16.5. The van der Waals surface area contributed by atoms with Crippen molar-refractivity contribution < 1.29 is 13.9 Å². The van der Waals surface area contributed by atoms with Crippen molar-refractivity contribution in [2.45, 2.75) is 13.5 Å². The van der Waals surface area contributed by atoms with Gasteiger partial charge in [0.05, 0.1) is 6.54 Å². The molecule has 2 aromatic carbocycles. The van der Waals surface area contributed by atoms with Crippen molar-refractivity contribution in [2.75, 3.05) is 6.61 Å². The normalized spacial score (nSPS) is 10.4. The van der Waals surface area contributed by atoms with Gasteiger partial charge >= 0.3 is 0 Å². The summed E-state index contributed by atoms with van der Waals surface area (Å²) in [6.45, 7) is 2.02. The van der Waals surface area contributed by atoms with Crippen LogP contribution in [-0.2, 0) is 11.3 Å². The smallest absolute Gasteiger partial charge is 0.258 e. The fraction of sp³-hybridized carbons (Fsp3) is 0.167. The van der Waals surface area contributed by atoms with E-state index in [2.05, 4.69) is 15.5 Å². The van der Waals surface area contributed by atoms with E-state index in [-0.39, 0.29) is 19.1 Å². The zero-order valence-electron chi connectivity index (χ0n) is 13.2. The molecule has 0 atom stereocenters. The monoisotopic (exact) mass is 323 g/mol. The van der Waals surface area contributed by atoms with Crippen LogP contribution in [-0.4, -0.2) is 22.7 Å². The van der Waals surface area contributed by atoms with Crippen molar-refractivity contribution in [3.63, 3.8) is 0 Å². The predicted octanol–water partition coefficient (Wildman–Crippen LogP) is 2.74. The van der Waals surface area contributed by atoms with Crippen LogP contribution in [0.1, 0.15) is 11.5 Å². The average molecular weight is 323 g/mol. The SMILES string of the molecule is Cc1ccccc1OCC(=O)NCc1nnc(-c2ccccc2)o1. The van der Waals surface area contributed by atoms with Crippen molar-refractivity contribution >= 4 is 5.91 Å². The number of nitrogens with one attached hydrogen (secondary N) is 1. The lowest BCUT2D eigenvalue weighted by molar-refractivity contribution is -0.123. The fourth-order valence-electron chi connectivity index (χ4n) is 2.11. The Bertz CT molecular complexity index is 815. The Balaban J connectivity index is 1.50. The maximum atomic E-state index is 11.9. The molecule has 3 rings (SSSR count). The molecule has 0 saturated heterocycles. The highest BCUT2D eigenvalue weighted by molar-refractivity contribution is 5.77. The Hall–Kier alpha value is -3.15. The molecule has 1 aromatic heterocycles. The van der Waals surface area contributed by atoms with Gasteiger partial charge in [-0.2, -0.15) is 0 Å². The van der Waals surface area contributed by atoms with Gasteiger partial charge in [0.25, 0.3) is 5.91 Å². The highest BCUT2D eigenvalue weighted by Gasteiger charge is 2.10. The minimum Gasteiger partial charge on any atom is -0.484 e. The molecule has 0 radical (unpaired) electrons. The van der Waals surface area contributed by atoms with Crippen molar-refractivity contribution in [1.29, 1.82) is 0 Å². The Morgan fingerprint density at radius 3 is 2.62 bits per heavy atom. The molecule has 122 valence electrons. The van der Waals surface area contributed by atoms with Crippen molar-refractivity contribution in [1.82, 2.24) is 15.5 Å². The van der Waals surface area contributed by atoms with Crippen LogP contribution in [0.3, 0.4) is 0 Å². The average Bonchev–Trinajstić information content (AvgIpc) is 3.09. The Morgan fingerprint density at radius 2 is 1.83 bits per heavy atom. The number of nitrogens with zero attached hydrogens (tertiary/aromatic N) is 2. The van der Waals surface area contributed by atoms with Crippen LogP contribution in [0.4, 0.5) is 0 Å². The van der Waals surface area contributed by atoms with E-state index in [0.717, 1.165) is 11.1 Å². The van der Waals surface area contributed by atoms with Crippen LogP contribution >= 0.6 is 0 Å². The predicted molar refractivity (Wildman–Crippen MR) is 88.3 cm³/mol. The van der Waals surface area contributed by atoms with Crippen molar-refractivity contribution in [3.05, 3.63) is 66.1 Å². The van der Waals surface area contributed by atoms with Gasteiger partial charge in [-0.1, -0.05) is 36.4 Å². The number of amides is 1. The molecule has 1 N–H and O–H groups in total. The number of hydrogen-bond donors (Lipinski definition) is 1. The summed E-state index contributed by atoms with van der Waals surface area (Å²) >= 11 is 0. The second-order valence-corrected chi connectivity index (χ2v) is 5.20. The molecule has 0 spiro atoms. The number of carbonyl (C=O) groups is 1.